The van der Waals surface area contributed by atoms with Crippen LogP contribution in [0.15, 0.2) is 119 Å². The number of nitrogens with two attached hydrogens (primary N) is 1. The van der Waals surface area contributed by atoms with E-state index in [2.05, 4.69) is 20.9 Å². The molecule has 0 radical (unpaired) electrons. The third-order valence-corrected chi connectivity index (χ3v) is 9.29. The van der Waals surface area contributed by atoms with Crippen molar-refractivity contribution in [1.82, 2.24) is 4.98 Å². The van der Waals surface area contributed by atoms with Gasteiger partial charge in [-0.2, -0.15) is 0 Å². The monoisotopic (exact) mass is 796 g/mol. The van der Waals surface area contributed by atoms with E-state index in [9.17, 15) is 34.9 Å². The van der Waals surface area contributed by atoms with Crippen LogP contribution < -0.4 is 5.73 Å². The highest BCUT2D eigenvalue weighted by molar-refractivity contribution is 9.10. The number of aromatic carboxylic acids is 1. The van der Waals surface area contributed by atoms with Gasteiger partial charge in [0.2, 0.25) is 0 Å². The Balaban J connectivity index is 0.000000212. The van der Waals surface area contributed by atoms with Gasteiger partial charge in [0.05, 0.1) is 44.9 Å². The van der Waals surface area contributed by atoms with Crippen LogP contribution in [0.3, 0.4) is 0 Å². The molecule has 12 nitrogen and oxygen atoms in total. The van der Waals surface area contributed by atoms with Gasteiger partial charge >= 0.3 is 11.9 Å². The van der Waals surface area contributed by atoms with E-state index < -0.39 is 21.8 Å². The number of carboxylic acids is 1. The maximum atomic E-state index is 12.0. The number of hydrogen-bond acceptors (Lipinski definition) is 10. The molecule has 0 amide bonds. The van der Waals surface area contributed by atoms with Crippen LogP contribution in [0.4, 0.5) is 11.4 Å². The average molecular weight is 798 g/mol. The highest BCUT2D eigenvalue weighted by Gasteiger charge is 2.23. The number of aromatic nitrogens is 1. The number of hydrogen-bond donors (Lipinski definition) is 2. The molecule has 6 aromatic rings. The molecule has 1 aromatic heterocycles. The third kappa shape index (κ3) is 8.24. The van der Waals surface area contributed by atoms with Crippen LogP contribution in [0, 0.1) is 20.2 Å². The van der Waals surface area contributed by atoms with E-state index in [1.165, 1.54) is 42.7 Å². The van der Waals surface area contributed by atoms with Gasteiger partial charge in [-0.25, -0.2) is 14.6 Å². The smallest absolute Gasteiger partial charge is 0.338 e. The molecule has 0 spiro atoms. The van der Waals surface area contributed by atoms with Crippen LogP contribution in [-0.2, 0) is 4.74 Å². The number of thiazole rings is 1. The van der Waals surface area contributed by atoms with Crippen molar-refractivity contribution < 1.29 is 29.3 Å². The molecule has 15 heteroatoms. The Morgan fingerprint density at radius 1 is 0.788 bits per heavy atom. The number of benzene rings is 5. The fourth-order valence-electron chi connectivity index (χ4n) is 5.18. The lowest BCUT2D eigenvalue weighted by Crippen LogP contribution is -2.12. The van der Waals surface area contributed by atoms with E-state index in [0.717, 1.165) is 15.7 Å². The fraction of sp³-hybridized carbons (Fsp3) is 0.0270. The topological polar surface area (TPSA) is 189 Å². The molecule has 260 valence electrons. The van der Waals surface area contributed by atoms with Crippen molar-refractivity contribution in [1.29, 1.82) is 0 Å². The summed E-state index contributed by atoms with van der Waals surface area (Å²) in [5, 5.41) is 34.9. The molecule has 0 fully saturated rings. The number of thiocarbonyl (C=S) groups is 1. The molecule has 1 heterocycles. The molecule has 0 unspecified atom stereocenters. The number of methoxy groups -OCH3 is 1. The fourth-order valence-corrected chi connectivity index (χ4v) is 6.40. The van der Waals surface area contributed by atoms with Crippen LogP contribution in [0.1, 0.15) is 26.3 Å². The summed E-state index contributed by atoms with van der Waals surface area (Å²) in [4.78, 5) is 50.2. The summed E-state index contributed by atoms with van der Waals surface area (Å²) in [6.45, 7) is 0. The van der Waals surface area contributed by atoms with Gasteiger partial charge in [0.1, 0.15) is 10.00 Å². The standard InChI is InChI=1S/C22H13BrN2O4S.C15H12N2O4S/c23-15-8-5-13(6-9-15)19-12-30-21(24-19)14-7-10-16(18(11-14)22(26)27)17-3-1-2-4-20(17)25(28)29;1-21-15(18)12-8-9(14(16)22)6-7-10(12)11-4-2-3-5-13(11)17(19)20/h1-12H,(H,26,27);2-8H,1H3,(H2,16,22). The second kappa shape index (κ2) is 16.2. The van der Waals surface area contributed by atoms with Gasteiger partial charge in [0.15, 0.2) is 0 Å². The molecule has 6 rings (SSSR count). The van der Waals surface area contributed by atoms with Gasteiger partial charge in [-0.05, 0) is 36.4 Å². The number of esters is 1. The second-order valence-electron chi connectivity index (χ2n) is 10.8. The first kappa shape index (κ1) is 37.1. The predicted molar refractivity (Wildman–Crippen MR) is 205 cm³/mol. The minimum absolute atomic E-state index is 0.0119. The molecule has 5 aromatic carbocycles. The zero-order valence-corrected chi connectivity index (χ0v) is 30.1. The van der Waals surface area contributed by atoms with Gasteiger partial charge < -0.3 is 15.6 Å². The van der Waals surface area contributed by atoms with Crippen molar-refractivity contribution in [3.05, 3.63) is 156 Å². The Bertz CT molecular complexity index is 2360. The first-order valence-corrected chi connectivity index (χ1v) is 17.1. The van der Waals surface area contributed by atoms with E-state index in [4.69, 9.17) is 22.7 Å². The normalized spacial score (nSPS) is 10.4. The zero-order chi connectivity index (χ0) is 37.5. The first-order valence-electron chi connectivity index (χ1n) is 15.0. The summed E-state index contributed by atoms with van der Waals surface area (Å²) in [6.07, 6.45) is 0. The maximum Gasteiger partial charge on any atom is 0.338 e. The molecular weight excluding hydrogens is 772 g/mol. The van der Waals surface area contributed by atoms with Crippen molar-refractivity contribution in [3.8, 4) is 44.1 Å². The summed E-state index contributed by atoms with van der Waals surface area (Å²) >= 11 is 9.70. The summed E-state index contributed by atoms with van der Waals surface area (Å²) in [5.41, 5.74) is 9.62. The number of nitro benzene ring substituents is 2. The number of carbonyl (C=O) groups is 2. The molecule has 0 saturated heterocycles. The number of carboxylic acid groups (broad SMARTS) is 1. The first-order chi connectivity index (χ1) is 24.9. The van der Waals surface area contributed by atoms with E-state index in [0.29, 0.717) is 32.8 Å². The average Bonchev–Trinajstić information content (AvgIpc) is 3.65. The maximum absolute atomic E-state index is 12.0. The Morgan fingerprint density at radius 3 is 1.87 bits per heavy atom. The summed E-state index contributed by atoms with van der Waals surface area (Å²) < 4.78 is 5.71. The second-order valence-corrected chi connectivity index (χ2v) is 13.0. The number of nitrogens with zero attached hydrogens (tertiary/aromatic N) is 3. The third-order valence-electron chi connectivity index (χ3n) is 7.63. The van der Waals surface area contributed by atoms with Gasteiger partial charge in [0, 0.05) is 49.8 Å². The molecule has 3 N–H and O–H groups in total. The lowest BCUT2D eigenvalue weighted by molar-refractivity contribution is -0.384. The number of ether oxygens (including phenoxy) is 1. The molecule has 52 heavy (non-hydrogen) atoms. The zero-order valence-electron chi connectivity index (χ0n) is 26.9. The van der Waals surface area contributed by atoms with Crippen LogP contribution >= 0.6 is 39.5 Å². The quantitative estimate of drug-likeness (QED) is 0.0614. The number of rotatable bonds is 9. The molecule has 0 bridgehead atoms. The van der Waals surface area contributed by atoms with Gasteiger partial charge in [0.25, 0.3) is 11.4 Å². The Hall–Kier alpha value is -6.16. The Kier molecular flexibility index (Phi) is 11.6. The molecule has 0 aliphatic rings. The summed E-state index contributed by atoms with van der Waals surface area (Å²) in [6, 6.07) is 29.5. The van der Waals surface area contributed by atoms with Gasteiger partial charge in [-0.15, -0.1) is 11.3 Å². The van der Waals surface area contributed by atoms with E-state index in [1.54, 1.807) is 60.7 Å². The van der Waals surface area contributed by atoms with Crippen LogP contribution in [0.25, 0.3) is 44.1 Å². The van der Waals surface area contributed by atoms with Crippen LogP contribution in [-0.4, -0.2) is 44.0 Å². The largest absolute Gasteiger partial charge is 0.478 e. The lowest BCUT2D eigenvalue weighted by atomic mass is 9.96. The summed E-state index contributed by atoms with van der Waals surface area (Å²) in [5.74, 6) is -1.78. The van der Waals surface area contributed by atoms with Crippen LogP contribution in [0.2, 0.25) is 0 Å². The molecule has 0 aliphatic heterocycles. The van der Waals surface area contributed by atoms with E-state index in [-0.39, 0.29) is 33.1 Å². The lowest BCUT2D eigenvalue weighted by Gasteiger charge is -2.10. The van der Waals surface area contributed by atoms with E-state index in [1.807, 2.05) is 29.6 Å². The summed E-state index contributed by atoms with van der Waals surface area (Å²) in [7, 11) is 1.24. The van der Waals surface area contributed by atoms with Crippen molar-refractivity contribution in [2.75, 3.05) is 7.11 Å². The van der Waals surface area contributed by atoms with Crippen molar-refractivity contribution in [3.63, 3.8) is 0 Å². The highest BCUT2D eigenvalue weighted by atomic mass is 79.9. The minimum Gasteiger partial charge on any atom is -0.478 e. The van der Waals surface area contributed by atoms with Gasteiger partial charge in [-0.1, -0.05) is 88.8 Å². The minimum atomic E-state index is -1.16. The Labute approximate surface area is 313 Å². The van der Waals surface area contributed by atoms with E-state index >= 15 is 0 Å². The van der Waals surface area contributed by atoms with Gasteiger partial charge in [-0.3, -0.25) is 20.2 Å². The van der Waals surface area contributed by atoms with Crippen molar-refractivity contribution in [2.24, 2.45) is 5.73 Å². The predicted octanol–water partition coefficient (Wildman–Crippen LogP) is 9.20. The van der Waals surface area contributed by atoms with Crippen molar-refractivity contribution in [2.45, 2.75) is 0 Å². The molecular formula is C37H25BrN4O8S2. The molecule has 0 saturated carbocycles. The number of carbonyl (C=O) groups excluding carboxylic acids is 1. The number of para-hydroxylation sites is 2. The molecule has 0 atom stereocenters. The number of nitro groups is 2. The SMILES string of the molecule is COC(=O)c1cc(C(N)=S)ccc1-c1ccccc1[N+](=O)[O-].O=C(O)c1cc(-c2nc(-c3ccc(Br)cc3)cs2)ccc1-c1ccccc1[N+](=O)[O-]. The number of halogens is 1. The Morgan fingerprint density at radius 2 is 1.33 bits per heavy atom. The van der Waals surface area contributed by atoms with Crippen molar-refractivity contribution >= 4 is 67.8 Å². The highest BCUT2D eigenvalue weighted by Crippen LogP contribution is 2.37. The molecule has 0 aliphatic carbocycles. The van der Waals surface area contributed by atoms with Crippen LogP contribution in [0.5, 0.6) is 0 Å².